The van der Waals surface area contributed by atoms with Crippen molar-refractivity contribution in [2.75, 3.05) is 39.6 Å². The fraction of sp³-hybridized carbons (Fsp3) is 0.950. The number of phosphoric acid groups is 2. The van der Waals surface area contributed by atoms with Gasteiger partial charge in [-0.25, -0.2) is 9.13 Å². The van der Waals surface area contributed by atoms with Crippen molar-refractivity contribution in [1.29, 1.82) is 0 Å². The number of rotatable bonds is 77. The van der Waals surface area contributed by atoms with Crippen LogP contribution in [-0.2, 0) is 65.4 Å². The molecule has 0 saturated heterocycles. The monoisotopic (exact) mass is 1450 g/mol. The van der Waals surface area contributed by atoms with Gasteiger partial charge in [0, 0.05) is 25.7 Å². The van der Waals surface area contributed by atoms with E-state index in [1.165, 1.54) is 205 Å². The number of carbonyl (C=O) groups excluding carboxylic acids is 4. The second-order valence-electron chi connectivity index (χ2n) is 30.5. The van der Waals surface area contributed by atoms with Crippen LogP contribution in [0.4, 0.5) is 0 Å². The molecule has 99 heavy (non-hydrogen) atoms. The predicted octanol–water partition coefficient (Wildman–Crippen LogP) is 23.6. The molecule has 0 radical (unpaired) electrons. The lowest BCUT2D eigenvalue weighted by molar-refractivity contribution is -0.161. The van der Waals surface area contributed by atoms with E-state index in [1.807, 2.05) is 0 Å². The third kappa shape index (κ3) is 72.8. The molecule has 0 fully saturated rings. The fourth-order valence-corrected chi connectivity index (χ4v) is 13.8. The number of phosphoric ester groups is 2. The summed E-state index contributed by atoms with van der Waals surface area (Å²) in [6.07, 6.45) is 55.6. The molecule has 0 bridgehead atoms. The van der Waals surface area contributed by atoms with Gasteiger partial charge in [0.2, 0.25) is 0 Å². The summed E-state index contributed by atoms with van der Waals surface area (Å²) < 4.78 is 68.6. The van der Waals surface area contributed by atoms with Crippen LogP contribution in [0.25, 0.3) is 0 Å². The van der Waals surface area contributed by atoms with Crippen LogP contribution >= 0.6 is 15.6 Å². The zero-order chi connectivity index (χ0) is 73.1. The third-order valence-corrected chi connectivity index (χ3v) is 20.8. The Morgan fingerprint density at radius 3 is 0.717 bits per heavy atom. The van der Waals surface area contributed by atoms with Gasteiger partial charge in [-0.15, -0.1) is 0 Å². The highest BCUT2D eigenvalue weighted by Gasteiger charge is 2.30. The van der Waals surface area contributed by atoms with Gasteiger partial charge < -0.3 is 33.8 Å². The summed E-state index contributed by atoms with van der Waals surface area (Å²) in [6, 6.07) is 0. The summed E-state index contributed by atoms with van der Waals surface area (Å²) in [5.74, 6) is 0.974. The normalized spacial score (nSPS) is 14.3. The minimum atomic E-state index is -4.96. The fourth-order valence-electron chi connectivity index (χ4n) is 12.2. The molecule has 0 rings (SSSR count). The second kappa shape index (κ2) is 69.1. The SMILES string of the molecule is CCC(C)CCCCCCCCCCCCC(=O)O[C@H](COC(=O)CCCCCCCCCCCCCCCCC(C)C)COP(=O)(O)OCC(O)COP(=O)(O)OC[C@@H](COC(=O)CCCCCCCCC(C)C)OC(=O)CCCCCCCCCCCCCCCCCCC(C)C. The van der Waals surface area contributed by atoms with Crippen LogP contribution in [0.2, 0.25) is 0 Å². The van der Waals surface area contributed by atoms with E-state index in [4.69, 9.17) is 37.0 Å². The van der Waals surface area contributed by atoms with Crippen LogP contribution < -0.4 is 0 Å². The zero-order valence-corrected chi connectivity index (χ0v) is 66.9. The van der Waals surface area contributed by atoms with Crippen LogP contribution in [0.1, 0.15) is 409 Å². The van der Waals surface area contributed by atoms with E-state index in [2.05, 4.69) is 55.4 Å². The van der Waals surface area contributed by atoms with Gasteiger partial charge >= 0.3 is 39.5 Å². The van der Waals surface area contributed by atoms with Crippen molar-refractivity contribution >= 4 is 39.5 Å². The minimum Gasteiger partial charge on any atom is -0.462 e. The molecule has 0 aromatic rings. The van der Waals surface area contributed by atoms with Crippen molar-refractivity contribution in [2.24, 2.45) is 23.7 Å². The smallest absolute Gasteiger partial charge is 0.462 e. The first-order chi connectivity index (χ1) is 47.6. The molecule has 6 atom stereocenters. The molecule has 17 nitrogen and oxygen atoms in total. The molecule has 0 aromatic carbocycles. The molecule has 0 aliphatic rings. The number of unbranched alkanes of at least 4 members (excludes halogenated alkanes) is 42. The van der Waals surface area contributed by atoms with Crippen molar-refractivity contribution in [2.45, 2.75) is 427 Å². The van der Waals surface area contributed by atoms with Gasteiger partial charge in [0.05, 0.1) is 26.4 Å². The highest BCUT2D eigenvalue weighted by Crippen LogP contribution is 2.45. The lowest BCUT2D eigenvalue weighted by atomic mass is 9.99. The Labute approximate surface area is 607 Å². The van der Waals surface area contributed by atoms with E-state index >= 15 is 0 Å². The second-order valence-corrected chi connectivity index (χ2v) is 33.4. The van der Waals surface area contributed by atoms with Gasteiger partial charge in [0.1, 0.15) is 19.3 Å². The van der Waals surface area contributed by atoms with Gasteiger partial charge in [-0.3, -0.25) is 37.3 Å². The van der Waals surface area contributed by atoms with E-state index in [0.29, 0.717) is 31.6 Å². The van der Waals surface area contributed by atoms with Gasteiger partial charge in [0.25, 0.3) is 0 Å². The van der Waals surface area contributed by atoms with E-state index < -0.39 is 97.5 Å². The maximum Gasteiger partial charge on any atom is 0.472 e. The molecule has 0 heterocycles. The van der Waals surface area contributed by atoms with Crippen LogP contribution in [0.15, 0.2) is 0 Å². The molecule has 0 aromatic heterocycles. The highest BCUT2D eigenvalue weighted by molar-refractivity contribution is 7.47. The summed E-state index contributed by atoms with van der Waals surface area (Å²) in [7, 11) is -9.92. The summed E-state index contributed by atoms with van der Waals surface area (Å²) in [5.41, 5.74) is 0. The Morgan fingerprint density at radius 1 is 0.283 bits per heavy atom. The van der Waals surface area contributed by atoms with Crippen molar-refractivity contribution < 1.29 is 80.2 Å². The molecule has 0 amide bonds. The maximum absolute atomic E-state index is 13.1. The summed E-state index contributed by atoms with van der Waals surface area (Å²) in [6.45, 7) is 14.2. The summed E-state index contributed by atoms with van der Waals surface area (Å²) in [4.78, 5) is 72.9. The third-order valence-electron chi connectivity index (χ3n) is 18.9. The molecule has 588 valence electrons. The quantitative estimate of drug-likeness (QED) is 0.0222. The average molecular weight is 1450 g/mol. The number of aliphatic hydroxyl groups excluding tert-OH is 1. The Morgan fingerprint density at radius 2 is 0.485 bits per heavy atom. The Hall–Kier alpha value is -1.94. The van der Waals surface area contributed by atoms with Crippen LogP contribution in [0, 0.1) is 23.7 Å². The van der Waals surface area contributed by atoms with E-state index in [9.17, 15) is 43.2 Å². The molecule has 0 spiro atoms. The van der Waals surface area contributed by atoms with Crippen molar-refractivity contribution in [1.82, 2.24) is 0 Å². The molecular formula is C80H156O17P2. The molecule has 4 unspecified atom stereocenters. The summed E-state index contributed by atoms with van der Waals surface area (Å²) in [5, 5.41) is 10.6. The molecule has 19 heteroatoms. The molecule has 3 N–H and O–H groups in total. The first kappa shape index (κ1) is 97.1. The van der Waals surface area contributed by atoms with Gasteiger partial charge in [0.15, 0.2) is 12.2 Å². The molecule has 0 aliphatic carbocycles. The lowest BCUT2D eigenvalue weighted by Gasteiger charge is -2.21. The standard InChI is InChI=1S/C80H156O17P2/c1-9-73(8)59-51-43-34-28-24-25-31-37-47-55-63-80(85)96-75(66-90-77(82)60-52-44-35-29-22-18-15-14-17-21-27-33-41-49-57-71(4)5)68-94-98(86,87)92-64-74(81)65-93-99(88,89)95-69-76(67-91-78(83)61-53-45-39-38-42-50-58-72(6)7)97-79(84)62-54-46-36-30-23-19-13-11-10-12-16-20-26-32-40-48-56-70(2)3/h70-76,81H,9-69H2,1-8H3,(H,86,87)(H,88,89)/t73?,74?,75-,76-/m1/s1. The van der Waals surface area contributed by atoms with Gasteiger partial charge in [-0.1, -0.05) is 357 Å². The zero-order valence-electron chi connectivity index (χ0n) is 65.1. The number of ether oxygens (including phenoxy) is 4. The van der Waals surface area contributed by atoms with Crippen LogP contribution in [0.3, 0.4) is 0 Å². The van der Waals surface area contributed by atoms with Crippen molar-refractivity contribution in [3.05, 3.63) is 0 Å². The molecular weight excluding hydrogens is 1290 g/mol. The van der Waals surface area contributed by atoms with E-state index in [0.717, 1.165) is 114 Å². The highest BCUT2D eigenvalue weighted by atomic mass is 31.2. The number of hydrogen-bond donors (Lipinski definition) is 3. The predicted molar refractivity (Wildman–Crippen MR) is 404 cm³/mol. The number of esters is 4. The minimum absolute atomic E-state index is 0.106. The van der Waals surface area contributed by atoms with Crippen molar-refractivity contribution in [3.63, 3.8) is 0 Å². The lowest BCUT2D eigenvalue weighted by Crippen LogP contribution is -2.30. The Balaban J connectivity index is 5.21. The first-order valence-corrected chi connectivity index (χ1v) is 44.2. The number of aliphatic hydroxyl groups is 1. The first-order valence-electron chi connectivity index (χ1n) is 41.2. The largest absolute Gasteiger partial charge is 0.472 e. The average Bonchev–Trinajstić information content (AvgIpc) is 0.960. The Kier molecular flexibility index (Phi) is 67.8. The van der Waals surface area contributed by atoms with Crippen LogP contribution in [-0.4, -0.2) is 96.7 Å². The van der Waals surface area contributed by atoms with E-state index in [1.54, 1.807) is 0 Å². The summed E-state index contributed by atoms with van der Waals surface area (Å²) >= 11 is 0. The van der Waals surface area contributed by atoms with Crippen LogP contribution in [0.5, 0.6) is 0 Å². The van der Waals surface area contributed by atoms with Gasteiger partial charge in [-0.05, 0) is 49.4 Å². The van der Waals surface area contributed by atoms with Gasteiger partial charge in [-0.2, -0.15) is 0 Å². The molecule has 0 aliphatic heterocycles. The van der Waals surface area contributed by atoms with Crippen molar-refractivity contribution in [3.8, 4) is 0 Å². The topological polar surface area (TPSA) is 237 Å². The molecule has 0 saturated carbocycles. The Bertz CT molecular complexity index is 1940. The number of hydrogen-bond acceptors (Lipinski definition) is 15. The number of carbonyl (C=O) groups is 4. The maximum atomic E-state index is 13.1. The van der Waals surface area contributed by atoms with E-state index in [-0.39, 0.29) is 25.7 Å².